The van der Waals surface area contributed by atoms with Crippen molar-refractivity contribution in [3.8, 4) is 5.75 Å². The highest BCUT2D eigenvalue weighted by molar-refractivity contribution is 7.22. The molecule has 0 aliphatic carbocycles. The average molecular weight is 407 g/mol. The number of hydrogen-bond acceptors (Lipinski definition) is 5. The number of nitrogens with zero attached hydrogens (tertiary/aromatic N) is 1. The first kappa shape index (κ1) is 19.0. The lowest BCUT2D eigenvalue weighted by atomic mass is 10.1. The van der Waals surface area contributed by atoms with Crippen LogP contribution in [0.4, 0.5) is 10.8 Å². The summed E-state index contributed by atoms with van der Waals surface area (Å²) in [5.74, 6) is 0.146. The summed E-state index contributed by atoms with van der Waals surface area (Å²) in [7, 11) is 0. The van der Waals surface area contributed by atoms with Crippen molar-refractivity contribution in [2.24, 2.45) is 5.73 Å². The van der Waals surface area contributed by atoms with Crippen LogP contribution in [0, 0.1) is 6.92 Å². The third-order valence-electron chi connectivity index (χ3n) is 4.64. The molecule has 1 amide bonds. The fraction of sp³-hybridized carbons (Fsp3) is 0.182. The van der Waals surface area contributed by atoms with Crippen molar-refractivity contribution in [3.05, 3.63) is 53.7 Å². The fourth-order valence-corrected chi connectivity index (χ4v) is 4.26. The largest absolute Gasteiger partial charge is 0.489 e. The van der Waals surface area contributed by atoms with Crippen LogP contribution in [0.15, 0.2) is 36.9 Å². The summed E-state index contributed by atoms with van der Waals surface area (Å²) in [6, 6.07) is 9.24. The highest BCUT2D eigenvalue weighted by Gasteiger charge is 2.15. The Labute approximate surface area is 172 Å². The molecule has 148 valence electrons. The summed E-state index contributed by atoms with van der Waals surface area (Å²) in [5, 5.41) is 5.11. The molecule has 0 saturated heterocycles. The van der Waals surface area contributed by atoms with E-state index in [-0.39, 0.29) is 6.10 Å². The van der Waals surface area contributed by atoms with Gasteiger partial charge in [-0.05, 0) is 45.0 Å². The number of ether oxygens (including phenoxy) is 1. The number of anilines is 2. The number of rotatable bonds is 6. The summed E-state index contributed by atoms with van der Waals surface area (Å²) in [6.07, 6.45) is 1.85. The van der Waals surface area contributed by atoms with E-state index in [0.29, 0.717) is 22.1 Å². The van der Waals surface area contributed by atoms with Gasteiger partial charge >= 0.3 is 0 Å². The molecule has 6 nitrogen and oxygen atoms in total. The SMILES string of the molecule is C=Cc1c(C)[nH]c2c1ccc1sc(Nc3cc(C(N)=O)ccc3OC(C)C)nc12. The maximum atomic E-state index is 11.6. The predicted molar refractivity (Wildman–Crippen MR) is 120 cm³/mol. The van der Waals surface area contributed by atoms with Crippen LogP contribution < -0.4 is 15.8 Å². The van der Waals surface area contributed by atoms with Crippen LogP contribution in [-0.4, -0.2) is 22.0 Å². The maximum Gasteiger partial charge on any atom is 0.248 e. The Morgan fingerprint density at radius 1 is 1.34 bits per heavy atom. The van der Waals surface area contributed by atoms with E-state index in [2.05, 4.69) is 29.0 Å². The lowest BCUT2D eigenvalue weighted by Gasteiger charge is -2.15. The molecule has 2 aromatic heterocycles. The number of H-pyrrole nitrogens is 1. The van der Waals surface area contributed by atoms with Crippen LogP contribution in [-0.2, 0) is 0 Å². The molecule has 0 atom stereocenters. The second-order valence-electron chi connectivity index (χ2n) is 7.09. The van der Waals surface area contributed by atoms with Crippen molar-refractivity contribution >= 4 is 55.3 Å². The number of benzene rings is 2. The van der Waals surface area contributed by atoms with Crippen LogP contribution in [0.3, 0.4) is 0 Å². The normalized spacial score (nSPS) is 11.3. The number of aryl methyl sites for hydroxylation is 1. The van der Waals surface area contributed by atoms with Gasteiger partial charge in [0.05, 0.1) is 22.0 Å². The molecule has 0 saturated carbocycles. The number of aromatic amines is 1. The number of primary amides is 1. The maximum absolute atomic E-state index is 11.6. The Kier molecular flexibility index (Phi) is 4.76. The zero-order chi connectivity index (χ0) is 20.7. The van der Waals surface area contributed by atoms with Crippen LogP contribution in [0.2, 0.25) is 0 Å². The Hall–Kier alpha value is -3.32. The van der Waals surface area contributed by atoms with Crippen molar-refractivity contribution in [1.29, 1.82) is 0 Å². The molecule has 0 radical (unpaired) electrons. The predicted octanol–water partition coefficient (Wildman–Crippen LogP) is 5.36. The summed E-state index contributed by atoms with van der Waals surface area (Å²) in [4.78, 5) is 19.8. The smallest absolute Gasteiger partial charge is 0.248 e. The zero-order valence-electron chi connectivity index (χ0n) is 16.5. The van der Waals surface area contributed by atoms with Gasteiger partial charge in [0.15, 0.2) is 5.13 Å². The number of hydrogen-bond donors (Lipinski definition) is 3. The second kappa shape index (κ2) is 7.25. The van der Waals surface area contributed by atoms with Gasteiger partial charge in [0, 0.05) is 22.2 Å². The number of carbonyl (C=O) groups excluding carboxylic acids is 1. The van der Waals surface area contributed by atoms with E-state index in [4.69, 9.17) is 15.5 Å². The Morgan fingerprint density at radius 3 is 2.83 bits per heavy atom. The first-order chi connectivity index (χ1) is 13.9. The molecule has 4 N–H and O–H groups in total. The van der Waals surface area contributed by atoms with E-state index < -0.39 is 5.91 Å². The molecule has 4 rings (SSSR count). The van der Waals surface area contributed by atoms with E-state index >= 15 is 0 Å². The molecule has 2 aromatic carbocycles. The third kappa shape index (κ3) is 3.45. The Balaban J connectivity index is 1.80. The van der Waals surface area contributed by atoms with Crippen LogP contribution >= 0.6 is 11.3 Å². The molecule has 0 spiro atoms. The minimum Gasteiger partial charge on any atom is -0.489 e. The third-order valence-corrected chi connectivity index (χ3v) is 5.58. The van der Waals surface area contributed by atoms with Gasteiger partial charge in [-0.2, -0.15) is 0 Å². The lowest BCUT2D eigenvalue weighted by Crippen LogP contribution is -2.12. The Morgan fingerprint density at radius 2 is 2.14 bits per heavy atom. The van der Waals surface area contributed by atoms with Gasteiger partial charge in [-0.15, -0.1) is 0 Å². The summed E-state index contributed by atoms with van der Waals surface area (Å²) >= 11 is 1.53. The standard InChI is InChI=1S/C22H22N4O2S/c1-5-14-12(4)24-19-15(14)7-9-18-20(19)26-22(29-18)25-16-10-13(21(23)27)6-8-17(16)28-11(2)3/h5-11,24H,1H2,2-4H3,(H2,23,27)(H,25,26). The number of nitrogens with two attached hydrogens (primary N) is 1. The van der Waals surface area contributed by atoms with Crippen LogP contribution in [0.5, 0.6) is 5.75 Å². The summed E-state index contributed by atoms with van der Waals surface area (Å²) in [6.45, 7) is 9.83. The Bertz CT molecular complexity index is 1250. The van der Waals surface area contributed by atoms with Crippen molar-refractivity contribution in [2.45, 2.75) is 26.9 Å². The van der Waals surface area contributed by atoms with Crippen molar-refractivity contribution in [3.63, 3.8) is 0 Å². The number of carbonyl (C=O) groups is 1. The van der Waals surface area contributed by atoms with Crippen molar-refractivity contribution in [2.75, 3.05) is 5.32 Å². The van der Waals surface area contributed by atoms with E-state index in [1.165, 1.54) is 11.3 Å². The number of nitrogens with one attached hydrogen (secondary N) is 2. The molecule has 29 heavy (non-hydrogen) atoms. The summed E-state index contributed by atoms with van der Waals surface area (Å²) < 4.78 is 6.93. The molecule has 0 unspecified atom stereocenters. The topological polar surface area (TPSA) is 93.0 Å². The molecule has 0 bridgehead atoms. The monoisotopic (exact) mass is 406 g/mol. The van der Waals surface area contributed by atoms with E-state index in [9.17, 15) is 4.79 Å². The van der Waals surface area contributed by atoms with E-state index in [1.807, 2.05) is 26.8 Å². The highest BCUT2D eigenvalue weighted by atomic mass is 32.1. The number of amides is 1. The minimum atomic E-state index is -0.492. The quantitative estimate of drug-likeness (QED) is 0.402. The summed E-state index contributed by atoms with van der Waals surface area (Å²) in [5.41, 5.74) is 10.5. The van der Waals surface area contributed by atoms with Crippen molar-refractivity contribution in [1.82, 2.24) is 9.97 Å². The number of fused-ring (bicyclic) bond motifs is 3. The molecule has 7 heteroatoms. The first-order valence-corrected chi connectivity index (χ1v) is 10.1. The number of thiazole rings is 1. The van der Waals surface area contributed by atoms with Gasteiger partial charge in [0.1, 0.15) is 11.3 Å². The second-order valence-corrected chi connectivity index (χ2v) is 8.12. The van der Waals surface area contributed by atoms with Crippen LogP contribution in [0.25, 0.3) is 27.2 Å². The highest BCUT2D eigenvalue weighted by Crippen LogP contribution is 2.37. The molecule has 4 aromatic rings. The number of aromatic nitrogens is 2. The average Bonchev–Trinajstić information content (AvgIpc) is 3.21. The van der Waals surface area contributed by atoms with E-state index in [1.54, 1.807) is 18.2 Å². The van der Waals surface area contributed by atoms with Crippen molar-refractivity contribution < 1.29 is 9.53 Å². The van der Waals surface area contributed by atoms with Gasteiger partial charge in [-0.25, -0.2) is 4.98 Å². The zero-order valence-corrected chi connectivity index (χ0v) is 17.3. The lowest BCUT2D eigenvalue weighted by molar-refractivity contribution is 0.100. The fourth-order valence-electron chi connectivity index (χ4n) is 3.37. The van der Waals surface area contributed by atoms with Gasteiger partial charge in [0.25, 0.3) is 0 Å². The van der Waals surface area contributed by atoms with Gasteiger partial charge < -0.3 is 20.8 Å². The molecular weight excluding hydrogens is 384 g/mol. The molecular formula is C22H22N4O2S. The molecule has 0 fully saturated rings. The molecule has 0 aliphatic heterocycles. The molecule has 0 aliphatic rings. The minimum absolute atomic E-state index is 0.0100. The van der Waals surface area contributed by atoms with Gasteiger partial charge in [0.2, 0.25) is 5.91 Å². The first-order valence-electron chi connectivity index (χ1n) is 9.29. The van der Waals surface area contributed by atoms with Gasteiger partial charge in [-0.1, -0.05) is 30.1 Å². The molecule has 2 heterocycles. The van der Waals surface area contributed by atoms with Crippen LogP contribution in [0.1, 0.15) is 35.5 Å². The van der Waals surface area contributed by atoms with E-state index in [0.717, 1.165) is 32.4 Å². The van der Waals surface area contributed by atoms with Gasteiger partial charge in [-0.3, -0.25) is 4.79 Å².